The summed E-state index contributed by atoms with van der Waals surface area (Å²) >= 11 is 0. The number of hydrogen-bond acceptors (Lipinski definition) is 5. The van der Waals surface area contributed by atoms with Gasteiger partial charge < -0.3 is 14.8 Å². The first kappa shape index (κ1) is 21.4. The van der Waals surface area contributed by atoms with Crippen molar-refractivity contribution in [3.05, 3.63) is 94.0 Å². The summed E-state index contributed by atoms with van der Waals surface area (Å²) < 4.78 is 12.5. The fourth-order valence-corrected chi connectivity index (χ4v) is 3.74. The molecule has 3 aromatic carbocycles. The summed E-state index contributed by atoms with van der Waals surface area (Å²) in [6, 6.07) is 21.5. The number of nitrogens with one attached hydrogen (secondary N) is 1. The van der Waals surface area contributed by atoms with E-state index in [4.69, 9.17) is 14.5 Å². The Morgan fingerprint density at radius 1 is 0.938 bits per heavy atom. The van der Waals surface area contributed by atoms with Crippen LogP contribution >= 0.6 is 0 Å². The summed E-state index contributed by atoms with van der Waals surface area (Å²) in [7, 11) is 3.23. The van der Waals surface area contributed by atoms with Crippen molar-refractivity contribution in [1.82, 2.24) is 9.55 Å². The molecule has 0 aliphatic carbocycles. The highest BCUT2D eigenvalue weighted by molar-refractivity contribution is 5.77. The monoisotopic (exact) mass is 429 g/mol. The number of ether oxygens (including phenoxy) is 2. The second kappa shape index (κ2) is 9.56. The maximum absolute atomic E-state index is 13.3. The second-order valence-corrected chi connectivity index (χ2v) is 7.66. The average Bonchev–Trinajstić information content (AvgIpc) is 2.82. The Bertz CT molecular complexity index is 1280. The van der Waals surface area contributed by atoms with Crippen LogP contribution in [0.4, 0.5) is 5.69 Å². The van der Waals surface area contributed by atoms with E-state index in [1.807, 2.05) is 54.6 Å². The molecule has 0 fully saturated rings. The van der Waals surface area contributed by atoms with Crippen molar-refractivity contribution in [2.24, 2.45) is 0 Å². The SMILES string of the molecule is COc1ccc(Cc2nc3ccccc3c(=O)n2CCNc2ccc(C)cc2)cc1OC. The number of para-hydroxylation sites is 1. The minimum Gasteiger partial charge on any atom is -0.493 e. The van der Waals surface area contributed by atoms with Gasteiger partial charge in [-0.1, -0.05) is 35.9 Å². The topological polar surface area (TPSA) is 65.4 Å². The van der Waals surface area contributed by atoms with Crippen molar-refractivity contribution < 1.29 is 9.47 Å². The van der Waals surface area contributed by atoms with Crippen molar-refractivity contribution in [1.29, 1.82) is 0 Å². The van der Waals surface area contributed by atoms with Crippen LogP contribution in [0.3, 0.4) is 0 Å². The number of rotatable bonds is 8. The molecule has 0 saturated carbocycles. The molecule has 6 heteroatoms. The van der Waals surface area contributed by atoms with Gasteiger partial charge in [0.1, 0.15) is 5.82 Å². The predicted octanol–water partition coefficient (Wildman–Crippen LogP) is 4.43. The third-order valence-electron chi connectivity index (χ3n) is 5.47. The summed E-state index contributed by atoms with van der Waals surface area (Å²) in [5.41, 5.74) is 3.90. The van der Waals surface area contributed by atoms with Crippen LogP contribution in [0.25, 0.3) is 10.9 Å². The molecule has 4 aromatic rings. The molecule has 0 atom stereocenters. The smallest absolute Gasteiger partial charge is 0.261 e. The molecule has 1 aromatic heterocycles. The average molecular weight is 430 g/mol. The van der Waals surface area contributed by atoms with Crippen LogP contribution in [0.15, 0.2) is 71.5 Å². The number of hydrogen-bond donors (Lipinski definition) is 1. The van der Waals surface area contributed by atoms with Gasteiger partial charge in [0, 0.05) is 25.2 Å². The van der Waals surface area contributed by atoms with Crippen LogP contribution in [0.2, 0.25) is 0 Å². The van der Waals surface area contributed by atoms with Gasteiger partial charge in [-0.15, -0.1) is 0 Å². The molecule has 164 valence electrons. The van der Waals surface area contributed by atoms with E-state index in [2.05, 4.69) is 24.4 Å². The van der Waals surface area contributed by atoms with Crippen molar-refractivity contribution in [2.45, 2.75) is 19.9 Å². The van der Waals surface area contributed by atoms with Crippen molar-refractivity contribution >= 4 is 16.6 Å². The van der Waals surface area contributed by atoms with Crippen molar-refractivity contribution in [2.75, 3.05) is 26.1 Å². The molecule has 0 saturated heterocycles. The fourth-order valence-electron chi connectivity index (χ4n) is 3.74. The second-order valence-electron chi connectivity index (χ2n) is 7.66. The lowest BCUT2D eigenvalue weighted by Gasteiger charge is -2.15. The van der Waals surface area contributed by atoms with Gasteiger partial charge in [0.05, 0.1) is 25.1 Å². The lowest BCUT2D eigenvalue weighted by molar-refractivity contribution is 0.354. The van der Waals surface area contributed by atoms with E-state index >= 15 is 0 Å². The molecular formula is C26H27N3O3. The summed E-state index contributed by atoms with van der Waals surface area (Å²) in [6.07, 6.45) is 0.505. The first-order chi connectivity index (χ1) is 15.6. The van der Waals surface area contributed by atoms with Gasteiger partial charge in [-0.25, -0.2) is 4.98 Å². The standard InChI is InChI=1S/C26H27N3O3/c1-18-8-11-20(12-9-18)27-14-15-29-25(28-22-7-5-4-6-21(22)26(29)30)17-19-10-13-23(31-2)24(16-19)32-3/h4-13,16,27H,14-15,17H2,1-3H3. The minimum absolute atomic E-state index is 0.0308. The number of aromatic nitrogens is 2. The number of fused-ring (bicyclic) bond motifs is 1. The third kappa shape index (κ3) is 4.59. The molecule has 0 unspecified atom stereocenters. The van der Waals surface area contributed by atoms with Crippen LogP contribution in [0.1, 0.15) is 17.0 Å². The van der Waals surface area contributed by atoms with Gasteiger partial charge >= 0.3 is 0 Å². The minimum atomic E-state index is -0.0308. The Morgan fingerprint density at radius 2 is 1.69 bits per heavy atom. The summed E-state index contributed by atoms with van der Waals surface area (Å²) in [5, 5.41) is 4.02. The number of aryl methyl sites for hydroxylation is 1. The Kier molecular flexibility index (Phi) is 6.40. The molecule has 0 aliphatic rings. The zero-order valence-corrected chi connectivity index (χ0v) is 18.6. The van der Waals surface area contributed by atoms with Crippen LogP contribution in [-0.2, 0) is 13.0 Å². The molecule has 0 radical (unpaired) electrons. The molecule has 4 rings (SSSR count). The van der Waals surface area contributed by atoms with E-state index in [1.54, 1.807) is 18.8 Å². The molecule has 32 heavy (non-hydrogen) atoms. The highest BCUT2D eigenvalue weighted by atomic mass is 16.5. The van der Waals surface area contributed by atoms with E-state index in [0.29, 0.717) is 47.7 Å². The van der Waals surface area contributed by atoms with Crippen LogP contribution in [0.5, 0.6) is 11.5 Å². The quantitative estimate of drug-likeness (QED) is 0.449. The Morgan fingerprint density at radius 3 is 2.44 bits per heavy atom. The van der Waals surface area contributed by atoms with E-state index in [-0.39, 0.29) is 5.56 Å². The summed E-state index contributed by atoms with van der Waals surface area (Å²) in [5.74, 6) is 2.04. The number of benzene rings is 3. The molecule has 1 N–H and O–H groups in total. The molecule has 0 bridgehead atoms. The third-order valence-corrected chi connectivity index (χ3v) is 5.47. The van der Waals surface area contributed by atoms with Gasteiger partial charge in [0.15, 0.2) is 11.5 Å². The molecular weight excluding hydrogens is 402 g/mol. The van der Waals surface area contributed by atoms with Crippen molar-refractivity contribution in [3.8, 4) is 11.5 Å². The normalized spacial score (nSPS) is 10.8. The van der Waals surface area contributed by atoms with E-state index in [0.717, 1.165) is 11.3 Å². The largest absolute Gasteiger partial charge is 0.493 e. The van der Waals surface area contributed by atoms with Crippen LogP contribution in [-0.4, -0.2) is 30.3 Å². The molecule has 1 heterocycles. The summed E-state index contributed by atoms with van der Waals surface area (Å²) in [4.78, 5) is 18.1. The van der Waals surface area contributed by atoms with Gasteiger partial charge in [0.25, 0.3) is 5.56 Å². The van der Waals surface area contributed by atoms with Gasteiger partial charge in [-0.05, 0) is 48.9 Å². The maximum Gasteiger partial charge on any atom is 0.261 e. The zero-order chi connectivity index (χ0) is 22.5. The number of nitrogens with zero attached hydrogens (tertiary/aromatic N) is 2. The number of anilines is 1. The molecule has 0 spiro atoms. The molecule has 0 aliphatic heterocycles. The Labute approximate surface area is 187 Å². The lowest BCUT2D eigenvalue weighted by atomic mass is 10.1. The van der Waals surface area contributed by atoms with E-state index in [9.17, 15) is 4.79 Å². The first-order valence-electron chi connectivity index (χ1n) is 10.6. The fraction of sp³-hybridized carbons (Fsp3) is 0.231. The Balaban J connectivity index is 1.65. The van der Waals surface area contributed by atoms with Gasteiger partial charge in [-0.3, -0.25) is 9.36 Å². The molecule has 6 nitrogen and oxygen atoms in total. The van der Waals surface area contributed by atoms with Crippen molar-refractivity contribution in [3.63, 3.8) is 0 Å². The highest BCUT2D eigenvalue weighted by Gasteiger charge is 2.13. The lowest BCUT2D eigenvalue weighted by Crippen LogP contribution is -2.28. The predicted molar refractivity (Wildman–Crippen MR) is 128 cm³/mol. The van der Waals surface area contributed by atoms with E-state index in [1.165, 1.54) is 5.56 Å². The Hall–Kier alpha value is -3.80. The maximum atomic E-state index is 13.3. The van der Waals surface area contributed by atoms with Crippen LogP contribution in [0, 0.1) is 6.92 Å². The highest BCUT2D eigenvalue weighted by Crippen LogP contribution is 2.28. The van der Waals surface area contributed by atoms with E-state index < -0.39 is 0 Å². The van der Waals surface area contributed by atoms with Crippen LogP contribution < -0.4 is 20.3 Å². The zero-order valence-electron chi connectivity index (χ0n) is 18.6. The van der Waals surface area contributed by atoms with Gasteiger partial charge in [-0.2, -0.15) is 0 Å². The summed E-state index contributed by atoms with van der Waals surface area (Å²) in [6.45, 7) is 3.18. The molecule has 0 amide bonds. The number of methoxy groups -OCH3 is 2. The van der Waals surface area contributed by atoms with Gasteiger partial charge in [0.2, 0.25) is 0 Å². The first-order valence-corrected chi connectivity index (χ1v) is 10.6.